The normalized spacial score (nSPS) is 11.6. The Hall–Kier alpha value is -2.32. The highest BCUT2D eigenvalue weighted by Crippen LogP contribution is 2.10. The second-order valence-corrected chi connectivity index (χ2v) is 14.9. The van der Waals surface area contributed by atoms with Crippen LogP contribution < -0.4 is 10.7 Å². The number of hydrogen-bond acceptors (Lipinski definition) is 7. The van der Waals surface area contributed by atoms with Crippen LogP contribution in [0.4, 0.5) is 0 Å². The van der Waals surface area contributed by atoms with Gasteiger partial charge in [0, 0.05) is 51.0 Å². The molecule has 49 heavy (non-hydrogen) atoms. The van der Waals surface area contributed by atoms with E-state index in [1.165, 1.54) is 128 Å². The Morgan fingerprint density at radius 3 is 1.06 bits per heavy atom. The van der Waals surface area contributed by atoms with Gasteiger partial charge in [0.15, 0.2) is 0 Å². The van der Waals surface area contributed by atoms with Crippen molar-refractivity contribution >= 4 is 20.8 Å². The van der Waals surface area contributed by atoms with E-state index in [0.717, 1.165) is 36.9 Å². The summed E-state index contributed by atoms with van der Waals surface area (Å²) in [5.41, 5.74) is 0. The van der Waals surface area contributed by atoms with E-state index in [1.54, 1.807) is 0 Å². The molecule has 0 bridgehead atoms. The van der Waals surface area contributed by atoms with Crippen molar-refractivity contribution in [3.63, 3.8) is 0 Å². The summed E-state index contributed by atoms with van der Waals surface area (Å²) >= 11 is 0. The van der Waals surface area contributed by atoms with Crippen molar-refractivity contribution in [3.05, 3.63) is 59.8 Å². The van der Waals surface area contributed by atoms with Gasteiger partial charge in [0.05, 0.1) is 10.7 Å². The fourth-order valence-electron chi connectivity index (χ4n) is 5.37. The van der Waals surface area contributed by atoms with Crippen LogP contribution in [-0.4, -0.2) is 48.2 Å². The lowest BCUT2D eigenvalue weighted by Crippen LogP contribution is -2.10. The van der Waals surface area contributed by atoms with Crippen molar-refractivity contribution in [2.75, 3.05) is 13.1 Å². The van der Waals surface area contributed by atoms with E-state index in [1.807, 2.05) is 0 Å². The molecule has 0 amide bonds. The standard InChI is InChI=1S/C36H62N4.H2O7S2/c1-3-5-7-9-15-19-27-37-35-23-31-39(32-24-35)29-21-17-13-11-12-14-18-22-30-40-33-25-36(26-34-40)38-28-20-16-10-8-6-4-2;1-8(2,3)7-9(4,5)6/h23-26,31-34H,3-22,27-30H2,1-2H3;(H,1,2,3)(H,4,5,6). The molecule has 0 spiro atoms. The number of unbranched alkanes of at least 4 members (excludes halogenated alkanes) is 17. The van der Waals surface area contributed by atoms with Crippen LogP contribution in [0.3, 0.4) is 0 Å². The van der Waals surface area contributed by atoms with E-state index >= 15 is 0 Å². The molecule has 0 aromatic carbocycles. The van der Waals surface area contributed by atoms with Crippen molar-refractivity contribution in [1.29, 1.82) is 0 Å². The van der Waals surface area contributed by atoms with Crippen LogP contribution in [0.25, 0.3) is 0 Å². The monoisotopic (exact) mass is 728 g/mol. The highest BCUT2D eigenvalue weighted by Gasteiger charge is 2.15. The van der Waals surface area contributed by atoms with Crippen molar-refractivity contribution in [3.8, 4) is 0 Å². The Labute approximate surface area is 296 Å². The van der Waals surface area contributed by atoms with Crippen molar-refractivity contribution < 1.29 is 29.6 Å². The lowest BCUT2D eigenvalue weighted by atomic mass is 10.1. The van der Waals surface area contributed by atoms with E-state index in [-0.39, 0.29) is 0 Å². The highest BCUT2D eigenvalue weighted by molar-refractivity contribution is 7.94. The van der Waals surface area contributed by atoms with Crippen molar-refractivity contribution in [2.45, 2.75) is 155 Å². The zero-order chi connectivity index (χ0) is 36.1. The molecule has 13 heteroatoms. The average molecular weight is 729 g/mol. The van der Waals surface area contributed by atoms with Gasteiger partial charge in [-0.05, 0) is 49.9 Å². The summed E-state index contributed by atoms with van der Waals surface area (Å²) in [7, 11) is -10.2. The Morgan fingerprint density at radius 2 is 0.776 bits per heavy atom. The first-order valence-electron chi connectivity index (χ1n) is 18.5. The first-order valence-corrected chi connectivity index (χ1v) is 21.2. The minimum atomic E-state index is -5.12. The largest absolute Gasteiger partial charge is 0.413 e. The summed E-state index contributed by atoms with van der Waals surface area (Å²) in [5.74, 6) is 0. The summed E-state index contributed by atoms with van der Waals surface area (Å²) in [5, 5.41) is 2.27. The predicted molar refractivity (Wildman–Crippen MR) is 198 cm³/mol. The van der Waals surface area contributed by atoms with Crippen LogP contribution in [0.5, 0.6) is 0 Å². The molecule has 0 fully saturated rings. The molecule has 282 valence electrons. The molecular weight excluding hydrogens is 665 g/mol. The molecule has 0 aliphatic heterocycles. The third-order valence-corrected chi connectivity index (χ3v) is 9.49. The van der Waals surface area contributed by atoms with E-state index in [9.17, 15) is 16.8 Å². The van der Waals surface area contributed by atoms with Gasteiger partial charge in [0.2, 0.25) is 0 Å². The van der Waals surface area contributed by atoms with Gasteiger partial charge >= 0.3 is 20.8 Å². The molecule has 2 aromatic rings. The van der Waals surface area contributed by atoms with Crippen LogP contribution in [0, 0.1) is 0 Å². The minimum Gasteiger partial charge on any atom is -0.354 e. The Bertz CT molecular complexity index is 1310. The lowest BCUT2D eigenvalue weighted by Gasteiger charge is -2.07. The third-order valence-electron chi connectivity index (χ3n) is 8.11. The number of aromatic nitrogens is 2. The molecule has 0 saturated carbocycles. The number of aryl methyl sites for hydroxylation is 2. The zero-order valence-corrected chi connectivity index (χ0v) is 31.8. The van der Waals surface area contributed by atoms with E-state index in [2.05, 4.69) is 75.7 Å². The average Bonchev–Trinajstić information content (AvgIpc) is 3.04. The van der Waals surface area contributed by atoms with Gasteiger partial charge in [-0.15, -0.1) is 3.63 Å². The molecule has 11 nitrogen and oxygen atoms in total. The van der Waals surface area contributed by atoms with Crippen LogP contribution in [0.2, 0.25) is 0 Å². The lowest BCUT2D eigenvalue weighted by molar-refractivity contribution is 0.344. The molecule has 2 rings (SSSR count). The fourth-order valence-corrected chi connectivity index (χ4v) is 6.24. The third kappa shape index (κ3) is 29.1. The molecule has 0 atom stereocenters. The maximum atomic E-state index is 9.44. The Kier molecular flexibility index (Phi) is 25.9. The molecule has 0 aliphatic carbocycles. The number of hydrogen-bond donors (Lipinski definition) is 2. The smallest absolute Gasteiger partial charge is 0.354 e. The fraction of sp³-hybridized carbons (Fsp3) is 0.722. The van der Waals surface area contributed by atoms with Crippen LogP contribution in [0.1, 0.15) is 142 Å². The molecule has 0 unspecified atom stereocenters. The second kappa shape index (κ2) is 28.4. The molecular formula is C36H64N4O7S2. The maximum absolute atomic E-state index is 9.44. The van der Waals surface area contributed by atoms with Crippen LogP contribution in [0.15, 0.2) is 59.0 Å². The zero-order valence-electron chi connectivity index (χ0n) is 30.1. The van der Waals surface area contributed by atoms with Gasteiger partial charge in [0.25, 0.3) is 0 Å². The van der Waals surface area contributed by atoms with Crippen LogP contribution in [-0.2, 0) is 37.5 Å². The quantitative estimate of drug-likeness (QED) is 0.0694. The first kappa shape index (κ1) is 44.7. The first-order chi connectivity index (χ1) is 23.5. The SMILES string of the molecule is CCCCCCCCN=c1ccn(CCCCCCCCCCn2ccc(=NCCCCCCCC)cc2)cc1.O=S(=O)(O)OS(=O)(=O)O. The summed E-state index contributed by atoms with van der Waals surface area (Å²) in [6, 6.07) is 8.71. The van der Waals surface area contributed by atoms with Crippen molar-refractivity contribution in [1.82, 2.24) is 9.13 Å². The van der Waals surface area contributed by atoms with Gasteiger partial charge in [-0.25, -0.2) is 0 Å². The topological polar surface area (TPSA) is 153 Å². The van der Waals surface area contributed by atoms with E-state index < -0.39 is 20.8 Å². The number of nitrogens with zero attached hydrogens (tertiary/aromatic N) is 4. The van der Waals surface area contributed by atoms with Gasteiger partial charge in [-0.1, -0.05) is 117 Å². The van der Waals surface area contributed by atoms with E-state index in [0.29, 0.717) is 0 Å². The molecule has 0 aliphatic rings. The van der Waals surface area contributed by atoms with Gasteiger partial charge < -0.3 is 9.13 Å². The Balaban J connectivity index is 0.00000117. The maximum Gasteiger partial charge on any atom is 0.413 e. The van der Waals surface area contributed by atoms with Gasteiger partial charge in [-0.3, -0.25) is 19.1 Å². The second-order valence-electron chi connectivity index (χ2n) is 12.6. The molecule has 2 aromatic heterocycles. The summed E-state index contributed by atoms with van der Waals surface area (Å²) < 4.78 is 60.2. The van der Waals surface area contributed by atoms with Gasteiger partial charge in [-0.2, -0.15) is 16.8 Å². The van der Waals surface area contributed by atoms with E-state index in [4.69, 9.17) is 19.1 Å². The number of pyridine rings is 2. The van der Waals surface area contributed by atoms with Gasteiger partial charge in [0.1, 0.15) is 0 Å². The van der Waals surface area contributed by atoms with Crippen molar-refractivity contribution in [2.24, 2.45) is 9.98 Å². The molecule has 0 radical (unpaired) electrons. The molecule has 2 N–H and O–H groups in total. The highest BCUT2D eigenvalue weighted by atomic mass is 32.3. The molecule has 0 saturated heterocycles. The summed E-state index contributed by atoms with van der Waals surface area (Å²) in [6.07, 6.45) is 35.5. The van der Waals surface area contributed by atoms with Crippen LogP contribution >= 0.6 is 0 Å². The summed E-state index contributed by atoms with van der Waals surface area (Å²) in [6.45, 7) is 8.74. The Morgan fingerprint density at radius 1 is 0.490 bits per heavy atom. The number of rotatable bonds is 27. The minimum absolute atomic E-state index is 0.970. The molecule has 2 heterocycles. The summed E-state index contributed by atoms with van der Waals surface area (Å²) in [4.78, 5) is 9.48. The predicted octanol–water partition coefficient (Wildman–Crippen LogP) is 8.24.